The summed E-state index contributed by atoms with van der Waals surface area (Å²) in [5.74, 6) is -0.618. The van der Waals surface area contributed by atoms with Crippen LogP contribution in [-0.4, -0.2) is 12.6 Å². The van der Waals surface area contributed by atoms with Gasteiger partial charge in [-0.2, -0.15) is 5.26 Å². The summed E-state index contributed by atoms with van der Waals surface area (Å²) in [4.78, 5) is 11.3. The summed E-state index contributed by atoms with van der Waals surface area (Å²) in [5.41, 5.74) is 6.82. The van der Waals surface area contributed by atoms with Gasteiger partial charge in [-0.3, -0.25) is 0 Å². The molecular formula is C12H12N2O2. The van der Waals surface area contributed by atoms with Gasteiger partial charge in [0.25, 0.3) is 0 Å². The van der Waals surface area contributed by atoms with Crippen molar-refractivity contribution in [1.29, 1.82) is 5.26 Å². The summed E-state index contributed by atoms with van der Waals surface area (Å²) < 4.78 is 4.74. The molecule has 0 aliphatic rings. The zero-order chi connectivity index (χ0) is 12.0. The molecule has 4 nitrogen and oxygen atoms in total. The third-order valence-corrected chi connectivity index (χ3v) is 1.84. The molecule has 4 heteroatoms. The molecule has 82 valence electrons. The summed E-state index contributed by atoms with van der Waals surface area (Å²) in [6, 6.07) is 8.72. The summed E-state index contributed by atoms with van der Waals surface area (Å²) in [5, 5.41) is 8.80. The van der Waals surface area contributed by atoms with Crippen LogP contribution in [0.2, 0.25) is 0 Å². The van der Waals surface area contributed by atoms with E-state index in [1.165, 1.54) is 6.08 Å². The molecule has 0 unspecified atom stereocenters. The molecule has 2 N–H and O–H groups in total. The second-order valence-corrected chi connectivity index (χ2v) is 3.06. The normalized spacial score (nSPS) is 10.6. The summed E-state index contributed by atoms with van der Waals surface area (Å²) in [6.45, 7) is 1.93. The van der Waals surface area contributed by atoms with Gasteiger partial charge in [0, 0.05) is 5.69 Å². The monoisotopic (exact) mass is 216 g/mol. The minimum absolute atomic E-state index is 0.0348. The molecule has 0 saturated carbocycles. The molecule has 16 heavy (non-hydrogen) atoms. The number of carbonyl (C=O) groups excluding carboxylic acids is 1. The third-order valence-electron chi connectivity index (χ3n) is 1.84. The number of ether oxygens (including phenoxy) is 1. The van der Waals surface area contributed by atoms with Gasteiger partial charge >= 0.3 is 5.97 Å². The highest BCUT2D eigenvalue weighted by Gasteiger charge is 2.09. The Morgan fingerprint density at radius 1 is 1.62 bits per heavy atom. The Morgan fingerprint density at radius 3 is 2.94 bits per heavy atom. The number of esters is 1. The van der Waals surface area contributed by atoms with Crippen molar-refractivity contribution in [2.75, 3.05) is 12.3 Å². The Kier molecular flexibility index (Phi) is 4.10. The number of nitrogens with zero attached hydrogens (tertiary/aromatic N) is 1. The Bertz CT molecular complexity index is 458. The van der Waals surface area contributed by atoms with Gasteiger partial charge in [-0.25, -0.2) is 4.79 Å². The van der Waals surface area contributed by atoms with E-state index in [-0.39, 0.29) is 12.2 Å². The van der Waals surface area contributed by atoms with E-state index in [4.69, 9.17) is 15.7 Å². The lowest BCUT2D eigenvalue weighted by atomic mass is 10.1. The van der Waals surface area contributed by atoms with E-state index in [0.717, 1.165) is 0 Å². The number of hydrogen-bond acceptors (Lipinski definition) is 4. The van der Waals surface area contributed by atoms with Gasteiger partial charge in [0.1, 0.15) is 11.6 Å². The molecule has 0 bridgehead atoms. The van der Waals surface area contributed by atoms with Crippen molar-refractivity contribution in [3.63, 3.8) is 0 Å². The largest absolute Gasteiger partial charge is 0.462 e. The average Bonchev–Trinajstić information content (AvgIpc) is 2.26. The van der Waals surface area contributed by atoms with E-state index < -0.39 is 5.97 Å². The zero-order valence-electron chi connectivity index (χ0n) is 8.93. The number of nitrogen functional groups attached to an aromatic ring is 1. The number of nitrogens with two attached hydrogens (primary N) is 1. The fourth-order valence-corrected chi connectivity index (χ4v) is 1.16. The highest BCUT2D eigenvalue weighted by Crippen LogP contribution is 2.11. The third kappa shape index (κ3) is 3.14. The first-order valence-electron chi connectivity index (χ1n) is 4.82. The zero-order valence-corrected chi connectivity index (χ0v) is 8.93. The molecule has 0 fully saturated rings. The van der Waals surface area contributed by atoms with Crippen molar-refractivity contribution in [3.05, 3.63) is 35.4 Å². The van der Waals surface area contributed by atoms with Crippen molar-refractivity contribution >= 4 is 17.7 Å². The summed E-state index contributed by atoms with van der Waals surface area (Å²) >= 11 is 0. The molecule has 0 aliphatic heterocycles. The minimum atomic E-state index is -0.618. The molecule has 0 amide bonds. The van der Waals surface area contributed by atoms with Gasteiger partial charge in [-0.15, -0.1) is 0 Å². The predicted octanol–water partition coefficient (Wildman–Crippen LogP) is 1.74. The topological polar surface area (TPSA) is 76.1 Å². The second-order valence-electron chi connectivity index (χ2n) is 3.06. The first-order valence-corrected chi connectivity index (χ1v) is 4.82. The number of carbonyl (C=O) groups is 1. The maximum Gasteiger partial charge on any atom is 0.348 e. The quantitative estimate of drug-likeness (QED) is 0.361. The number of benzene rings is 1. The Balaban J connectivity index is 2.97. The van der Waals surface area contributed by atoms with Crippen LogP contribution in [-0.2, 0) is 9.53 Å². The van der Waals surface area contributed by atoms with Crippen LogP contribution in [0.5, 0.6) is 0 Å². The van der Waals surface area contributed by atoms with Crippen molar-refractivity contribution in [3.8, 4) is 6.07 Å². The fraction of sp³-hybridized carbons (Fsp3) is 0.167. The van der Waals surface area contributed by atoms with Gasteiger partial charge < -0.3 is 10.5 Å². The van der Waals surface area contributed by atoms with Crippen molar-refractivity contribution in [2.45, 2.75) is 6.92 Å². The number of nitriles is 1. The Hall–Kier alpha value is -2.28. The first kappa shape index (κ1) is 11.8. The maximum atomic E-state index is 11.3. The van der Waals surface area contributed by atoms with Crippen molar-refractivity contribution in [2.24, 2.45) is 0 Å². The molecule has 1 aromatic carbocycles. The van der Waals surface area contributed by atoms with Crippen LogP contribution >= 0.6 is 0 Å². The molecule has 0 heterocycles. The van der Waals surface area contributed by atoms with Crippen LogP contribution < -0.4 is 5.73 Å². The molecule has 0 atom stereocenters. The smallest absolute Gasteiger partial charge is 0.348 e. The Labute approximate surface area is 93.9 Å². The lowest BCUT2D eigenvalue weighted by Gasteiger charge is -2.00. The lowest BCUT2D eigenvalue weighted by Crippen LogP contribution is -2.05. The van der Waals surface area contributed by atoms with Crippen LogP contribution in [0.1, 0.15) is 12.5 Å². The molecule has 0 saturated heterocycles. The summed E-state index contributed by atoms with van der Waals surface area (Å²) in [7, 11) is 0. The average molecular weight is 216 g/mol. The number of hydrogen-bond donors (Lipinski definition) is 1. The summed E-state index contributed by atoms with van der Waals surface area (Å²) in [6.07, 6.45) is 1.45. The van der Waals surface area contributed by atoms with E-state index in [1.807, 2.05) is 0 Å². The van der Waals surface area contributed by atoms with Gasteiger partial charge in [-0.1, -0.05) is 12.1 Å². The molecule has 1 aromatic rings. The molecule has 0 aliphatic carbocycles. The highest BCUT2D eigenvalue weighted by molar-refractivity contribution is 5.97. The molecule has 0 radical (unpaired) electrons. The van der Waals surface area contributed by atoms with Crippen molar-refractivity contribution in [1.82, 2.24) is 0 Å². The molecule has 0 aromatic heterocycles. The number of rotatable bonds is 3. The second kappa shape index (κ2) is 5.56. The van der Waals surface area contributed by atoms with E-state index in [9.17, 15) is 4.79 Å². The SMILES string of the molecule is CCOC(=O)C(C#N)=Cc1cccc(N)c1. The van der Waals surface area contributed by atoms with Gasteiger partial charge in [0.2, 0.25) is 0 Å². The van der Waals surface area contributed by atoms with Crippen LogP contribution in [0.25, 0.3) is 6.08 Å². The lowest BCUT2D eigenvalue weighted by molar-refractivity contribution is -0.137. The van der Waals surface area contributed by atoms with Gasteiger partial charge in [0.15, 0.2) is 0 Å². The standard InChI is InChI=1S/C12H12N2O2/c1-2-16-12(15)10(8-13)6-9-4-3-5-11(14)7-9/h3-7H,2,14H2,1H3. The van der Waals surface area contributed by atoms with Crippen LogP contribution in [0.4, 0.5) is 5.69 Å². The number of anilines is 1. The first-order chi connectivity index (χ1) is 7.67. The fourth-order valence-electron chi connectivity index (χ4n) is 1.16. The minimum Gasteiger partial charge on any atom is -0.462 e. The van der Waals surface area contributed by atoms with E-state index in [1.54, 1.807) is 37.3 Å². The van der Waals surface area contributed by atoms with Gasteiger partial charge in [-0.05, 0) is 30.7 Å². The predicted molar refractivity (Wildman–Crippen MR) is 61.1 cm³/mol. The molecule has 1 rings (SSSR count). The highest BCUT2D eigenvalue weighted by atomic mass is 16.5. The van der Waals surface area contributed by atoms with Crippen molar-refractivity contribution < 1.29 is 9.53 Å². The van der Waals surface area contributed by atoms with Crippen LogP contribution in [0, 0.1) is 11.3 Å². The molecule has 0 spiro atoms. The van der Waals surface area contributed by atoms with Crippen LogP contribution in [0.15, 0.2) is 29.8 Å². The maximum absolute atomic E-state index is 11.3. The van der Waals surface area contributed by atoms with E-state index in [0.29, 0.717) is 11.3 Å². The van der Waals surface area contributed by atoms with E-state index >= 15 is 0 Å². The van der Waals surface area contributed by atoms with Gasteiger partial charge in [0.05, 0.1) is 6.61 Å². The van der Waals surface area contributed by atoms with Crippen LogP contribution in [0.3, 0.4) is 0 Å². The molecular weight excluding hydrogens is 204 g/mol. The Morgan fingerprint density at radius 2 is 2.38 bits per heavy atom. The van der Waals surface area contributed by atoms with E-state index in [2.05, 4.69) is 0 Å².